The van der Waals surface area contributed by atoms with Crippen LogP contribution in [0, 0.1) is 0 Å². The van der Waals surface area contributed by atoms with Crippen LogP contribution in [0.1, 0.15) is 38.5 Å². The van der Waals surface area contributed by atoms with Crippen LogP contribution in [0.4, 0.5) is 0 Å². The van der Waals surface area contributed by atoms with Gasteiger partial charge in [0.2, 0.25) is 0 Å². The first-order valence-corrected chi connectivity index (χ1v) is 8.34. The van der Waals surface area contributed by atoms with Crippen LogP contribution in [0.2, 0.25) is 0 Å². The van der Waals surface area contributed by atoms with Crippen molar-refractivity contribution in [3.63, 3.8) is 0 Å². The van der Waals surface area contributed by atoms with Gasteiger partial charge in [-0.3, -0.25) is 4.90 Å². The Kier molecular flexibility index (Phi) is 4.86. The molecule has 0 amide bonds. The van der Waals surface area contributed by atoms with Crippen LogP contribution in [-0.2, 0) is 6.54 Å². The summed E-state index contributed by atoms with van der Waals surface area (Å²) >= 11 is 5.49. The van der Waals surface area contributed by atoms with Gasteiger partial charge < -0.3 is 5.32 Å². The molecular formula is C14H23BrN2S. The molecule has 102 valence electrons. The second-order valence-corrected chi connectivity index (χ2v) is 7.94. The topological polar surface area (TPSA) is 15.3 Å². The van der Waals surface area contributed by atoms with Crippen molar-refractivity contribution in [3.8, 4) is 0 Å². The van der Waals surface area contributed by atoms with Gasteiger partial charge in [0.25, 0.3) is 0 Å². The maximum Gasteiger partial charge on any atom is 0.0342 e. The van der Waals surface area contributed by atoms with E-state index in [2.05, 4.69) is 58.4 Å². The van der Waals surface area contributed by atoms with Crippen LogP contribution in [0.3, 0.4) is 0 Å². The molecule has 1 aliphatic heterocycles. The molecule has 1 N–H and O–H groups in total. The minimum absolute atomic E-state index is 0.220. The molecule has 0 aliphatic carbocycles. The number of nitrogens with zero attached hydrogens (tertiary/aromatic N) is 1. The third-order valence-corrected chi connectivity index (χ3v) is 5.32. The molecule has 2 rings (SSSR count). The number of nitrogens with one attached hydrogen (secondary N) is 1. The van der Waals surface area contributed by atoms with Crippen molar-refractivity contribution in [2.24, 2.45) is 0 Å². The molecule has 1 atom stereocenters. The van der Waals surface area contributed by atoms with E-state index in [1.54, 1.807) is 0 Å². The summed E-state index contributed by atoms with van der Waals surface area (Å²) < 4.78 is 1.27. The summed E-state index contributed by atoms with van der Waals surface area (Å²) in [7, 11) is 0. The Balaban J connectivity index is 1.90. The summed E-state index contributed by atoms with van der Waals surface area (Å²) in [5.74, 6) is 0. The van der Waals surface area contributed by atoms with Crippen LogP contribution >= 0.6 is 27.3 Å². The molecule has 18 heavy (non-hydrogen) atoms. The summed E-state index contributed by atoms with van der Waals surface area (Å²) in [6, 6.07) is 2.84. The molecule has 2 heterocycles. The van der Waals surface area contributed by atoms with Gasteiger partial charge in [-0.15, -0.1) is 11.3 Å². The van der Waals surface area contributed by atoms with Crippen LogP contribution < -0.4 is 5.32 Å². The fraction of sp³-hybridized carbons (Fsp3) is 0.714. The van der Waals surface area contributed by atoms with Crippen LogP contribution in [0.15, 0.2) is 15.9 Å². The first-order valence-electron chi connectivity index (χ1n) is 6.67. The van der Waals surface area contributed by atoms with Crippen molar-refractivity contribution >= 4 is 27.3 Å². The van der Waals surface area contributed by atoms with E-state index in [0.717, 1.165) is 13.1 Å². The van der Waals surface area contributed by atoms with E-state index >= 15 is 0 Å². The Bertz CT molecular complexity index is 383. The molecule has 1 saturated heterocycles. The van der Waals surface area contributed by atoms with Gasteiger partial charge in [-0.05, 0) is 67.5 Å². The highest BCUT2D eigenvalue weighted by Gasteiger charge is 2.26. The Hall–Kier alpha value is 0.100. The average Bonchev–Trinajstić information content (AvgIpc) is 2.86. The van der Waals surface area contributed by atoms with Gasteiger partial charge in [-0.25, -0.2) is 0 Å². The molecule has 1 aromatic rings. The third kappa shape index (κ3) is 4.05. The number of thiophene rings is 1. The highest BCUT2D eigenvalue weighted by Crippen LogP contribution is 2.27. The van der Waals surface area contributed by atoms with E-state index in [1.165, 1.54) is 28.7 Å². The molecule has 0 aromatic carbocycles. The monoisotopic (exact) mass is 330 g/mol. The Morgan fingerprint density at radius 2 is 2.28 bits per heavy atom. The fourth-order valence-electron chi connectivity index (χ4n) is 2.38. The highest BCUT2D eigenvalue weighted by atomic mass is 79.9. The molecule has 0 bridgehead atoms. The molecular weight excluding hydrogens is 308 g/mol. The zero-order chi connectivity index (χ0) is 13.2. The lowest BCUT2D eigenvalue weighted by molar-refractivity contribution is 0.227. The quantitative estimate of drug-likeness (QED) is 0.901. The maximum absolute atomic E-state index is 3.64. The number of hydrogen-bond donors (Lipinski definition) is 1. The molecule has 2 nitrogen and oxygen atoms in total. The van der Waals surface area contributed by atoms with E-state index in [1.807, 2.05) is 11.3 Å². The zero-order valence-electron chi connectivity index (χ0n) is 11.5. The van der Waals surface area contributed by atoms with Crippen LogP contribution in [0.25, 0.3) is 0 Å². The third-order valence-electron chi connectivity index (χ3n) is 3.40. The van der Waals surface area contributed by atoms with Crippen molar-refractivity contribution in [1.29, 1.82) is 0 Å². The first-order chi connectivity index (χ1) is 8.46. The smallest absolute Gasteiger partial charge is 0.0342 e. The van der Waals surface area contributed by atoms with E-state index in [-0.39, 0.29) is 5.54 Å². The van der Waals surface area contributed by atoms with Gasteiger partial charge in [0.1, 0.15) is 0 Å². The molecule has 1 aromatic heterocycles. The van der Waals surface area contributed by atoms with E-state index in [0.29, 0.717) is 6.04 Å². The predicted octanol–water partition coefficient (Wildman–Crippen LogP) is 3.86. The van der Waals surface area contributed by atoms with Crippen LogP contribution in [-0.4, -0.2) is 29.6 Å². The average molecular weight is 331 g/mol. The summed E-state index contributed by atoms with van der Waals surface area (Å²) in [6.45, 7) is 10.1. The van der Waals surface area contributed by atoms with Crippen molar-refractivity contribution in [3.05, 3.63) is 20.8 Å². The lowest BCUT2D eigenvalue weighted by atomic mass is 10.1. The summed E-state index contributed by atoms with van der Waals surface area (Å²) in [4.78, 5) is 4.08. The molecule has 0 radical (unpaired) electrons. The molecule has 4 heteroatoms. The van der Waals surface area contributed by atoms with Crippen molar-refractivity contribution in [2.45, 2.75) is 51.7 Å². The standard InChI is InChI=1S/C14H23BrN2S/c1-14(2,3)16-9-11-5-4-7-17(11)10-13-12(15)6-8-18-13/h6,8,11,16H,4-5,7,9-10H2,1-3H3. The van der Waals surface area contributed by atoms with E-state index < -0.39 is 0 Å². The van der Waals surface area contributed by atoms with Gasteiger partial charge in [0.15, 0.2) is 0 Å². The second kappa shape index (κ2) is 6.04. The summed E-state index contributed by atoms with van der Waals surface area (Å²) in [5.41, 5.74) is 0.220. The number of halogens is 1. The maximum atomic E-state index is 3.64. The number of rotatable bonds is 4. The van der Waals surface area contributed by atoms with Gasteiger partial charge in [-0.1, -0.05) is 0 Å². The lowest BCUT2D eigenvalue weighted by Gasteiger charge is -2.28. The minimum Gasteiger partial charge on any atom is -0.311 e. The van der Waals surface area contributed by atoms with Gasteiger partial charge in [-0.2, -0.15) is 0 Å². The van der Waals surface area contributed by atoms with Crippen molar-refractivity contribution < 1.29 is 0 Å². The number of likely N-dealkylation sites (tertiary alicyclic amines) is 1. The molecule has 1 fully saturated rings. The number of hydrogen-bond acceptors (Lipinski definition) is 3. The highest BCUT2D eigenvalue weighted by molar-refractivity contribution is 9.10. The molecule has 1 unspecified atom stereocenters. The summed E-state index contributed by atoms with van der Waals surface area (Å²) in [5, 5.41) is 5.80. The van der Waals surface area contributed by atoms with E-state index in [4.69, 9.17) is 0 Å². The second-order valence-electron chi connectivity index (χ2n) is 6.09. The Labute approximate surface area is 123 Å². The Morgan fingerprint density at radius 1 is 1.50 bits per heavy atom. The van der Waals surface area contributed by atoms with Gasteiger partial charge in [0.05, 0.1) is 0 Å². The first kappa shape index (κ1) is 14.5. The molecule has 0 spiro atoms. The normalized spacial score (nSPS) is 21.7. The fourth-order valence-corrected chi connectivity index (χ4v) is 3.88. The van der Waals surface area contributed by atoms with E-state index in [9.17, 15) is 0 Å². The molecule has 0 saturated carbocycles. The molecule has 1 aliphatic rings. The van der Waals surface area contributed by atoms with Crippen molar-refractivity contribution in [1.82, 2.24) is 10.2 Å². The largest absolute Gasteiger partial charge is 0.311 e. The van der Waals surface area contributed by atoms with Gasteiger partial charge >= 0.3 is 0 Å². The summed E-state index contributed by atoms with van der Waals surface area (Å²) in [6.07, 6.45) is 2.66. The van der Waals surface area contributed by atoms with Crippen molar-refractivity contribution in [2.75, 3.05) is 13.1 Å². The zero-order valence-corrected chi connectivity index (χ0v) is 13.9. The lowest BCUT2D eigenvalue weighted by Crippen LogP contribution is -2.44. The minimum atomic E-state index is 0.220. The Morgan fingerprint density at radius 3 is 2.89 bits per heavy atom. The van der Waals surface area contributed by atoms with Gasteiger partial charge in [0, 0.05) is 34.0 Å². The van der Waals surface area contributed by atoms with Crippen LogP contribution in [0.5, 0.6) is 0 Å². The predicted molar refractivity (Wildman–Crippen MR) is 83.2 cm³/mol. The SMILES string of the molecule is CC(C)(C)NCC1CCCN1Cc1sccc1Br.